The number of fused-ring (bicyclic) bond motifs is 4. The maximum Gasteiger partial charge on any atom is 0.330 e. The van der Waals surface area contributed by atoms with Crippen molar-refractivity contribution in [2.45, 2.75) is 119 Å². The van der Waals surface area contributed by atoms with E-state index in [0.29, 0.717) is 43.0 Å². The molecular formula is C32H48O6. The molecular weight excluding hydrogens is 480 g/mol. The molecule has 38 heavy (non-hydrogen) atoms. The predicted octanol–water partition coefficient (Wildman–Crippen LogP) is 6.26. The van der Waals surface area contributed by atoms with Gasteiger partial charge < -0.3 is 14.9 Å². The highest BCUT2D eigenvalue weighted by molar-refractivity contribution is 5.86. The van der Waals surface area contributed by atoms with Gasteiger partial charge in [-0.1, -0.05) is 53.2 Å². The van der Waals surface area contributed by atoms with E-state index in [9.17, 15) is 24.6 Å². The van der Waals surface area contributed by atoms with E-state index < -0.39 is 29.0 Å². The maximum atomic E-state index is 13.0. The Morgan fingerprint density at radius 3 is 2.34 bits per heavy atom. The number of rotatable bonds is 6. The number of allylic oxidation sites excluding steroid dienone is 2. The summed E-state index contributed by atoms with van der Waals surface area (Å²) < 4.78 is 6.08. The van der Waals surface area contributed by atoms with Gasteiger partial charge in [0.1, 0.15) is 11.9 Å². The van der Waals surface area contributed by atoms with Crippen molar-refractivity contribution in [1.29, 1.82) is 0 Å². The third-order valence-electron chi connectivity index (χ3n) is 12.0. The van der Waals surface area contributed by atoms with Gasteiger partial charge in [-0.3, -0.25) is 9.59 Å². The van der Waals surface area contributed by atoms with Crippen LogP contribution in [0.25, 0.3) is 0 Å². The number of aliphatic hydroxyl groups is 1. The number of Topliss-reactive ketones (excluding diaryl/α,β-unsaturated/α-hetero) is 1. The van der Waals surface area contributed by atoms with Crippen molar-refractivity contribution in [2.24, 2.45) is 39.4 Å². The van der Waals surface area contributed by atoms with E-state index in [-0.39, 0.29) is 28.6 Å². The van der Waals surface area contributed by atoms with E-state index >= 15 is 0 Å². The molecule has 4 aliphatic rings. The van der Waals surface area contributed by atoms with Gasteiger partial charge in [-0.25, -0.2) is 4.79 Å². The fourth-order valence-corrected chi connectivity index (χ4v) is 9.52. The first kappa shape index (κ1) is 29.0. The number of ketones is 1. The zero-order chi connectivity index (χ0) is 28.4. The highest BCUT2D eigenvalue weighted by Gasteiger charge is 2.68. The normalized spacial score (nSPS) is 41.2. The number of hydrogen-bond acceptors (Lipinski definition) is 5. The first-order chi connectivity index (χ1) is 17.5. The Labute approximate surface area is 228 Å². The molecule has 4 rings (SSSR count). The van der Waals surface area contributed by atoms with Gasteiger partial charge in [-0.2, -0.15) is 0 Å². The minimum absolute atomic E-state index is 0.0878. The van der Waals surface area contributed by atoms with Crippen molar-refractivity contribution in [3.05, 3.63) is 22.8 Å². The van der Waals surface area contributed by atoms with Crippen LogP contribution in [-0.2, 0) is 19.1 Å². The third-order valence-corrected chi connectivity index (χ3v) is 12.0. The summed E-state index contributed by atoms with van der Waals surface area (Å²) in [5.74, 6) is -0.248. The molecule has 0 aromatic rings. The molecule has 0 aliphatic heterocycles. The van der Waals surface area contributed by atoms with Gasteiger partial charge >= 0.3 is 11.9 Å². The molecule has 212 valence electrons. The second kappa shape index (κ2) is 9.60. The quantitative estimate of drug-likeness (QED) is 0.240. The molecule has 0 spiro atoms. The topological polar surface area (TPSA) is 101 Å². The summed E-state index contributed by atoms with van der Waals surface area (Å²) in [6.07, 6.45) is 6.89. The van der Waals surface area contributed by atoms with E-state index in [1.807, 2.05) is 0 Å². The van der Waals surface area contributed by atoms with Gasteiger partial charge in [0.15, 0.2) is 0 Å². The number of carboxylic acids is 1. The Kier molecular flexibility index (Phi) is 7.34. The summed E-state index contributed by atoms with van der Waals surface area (Å²) in [5, 5.41) is 21.1. The van der Waals surface area contributed by atoms with Crippen molar-refractivity contribution in [3.63, 3.8) is 0 Å². The Hall–Kier alpha value is -1.95. The summed E-state index contributed by atoms with van der Waals surface area (Å²) in [5.41, 5.74) is 1.47. The molecule has 0 aromatic heterocycles. The number of hydrogen-bond donors (Lipinski definition) is 2. The Bertz CT molecular complexity index is 1080. The van der Waals surface area contributed by atoms with Crippen LogP contribution in [0.5, 0.6) is 0 Å². The largest absolute Gasteiger partial charge is 0.478 e. The van der Waals surface area contributed by atoms with Crippen LogP contribution >= 0.6 is 0 Å². The van der Waals surface area contributed by atoms with Gasteiger partial charge in [0.25, 0.3) is 0 Å². The summed E-state index contributed by atoms with van der Waals surface area (Å²) in [7, 11) is 0. The summed E-state index contributed by atoms with van der Waals surface area (Å²) in [6.45, 7) is 16.3. The van der Waals surface area contributed by atoms with Crippen LogP contribution in [0.3, 0.4) is 0 Å². The minimum Gasteiger partial charge on any atom is -0.478 e. The number of carbonyl (C=O) groups excluding carboxylic acids is 2. The van der Waals surface area contributed by atoms with Crippen LogP contribution in [0.4, 0.5) is 0 Å². The summed E-state index contributed by atoms with van der Waals surface area (Å²) in [4.78, 5) is 36.6. The second-order valence-corrected chi connectivity index (χ2v) is 14.1. The van der Waals surface area contributed by atoms with Crippen molar-refractivity contribution in [1.82, 2.24) is 0 Å². The third kappa shape index (κ3) is 4.12. The molecule has 4 aliphatic carbocycles. The zero-order valence-corrected chi connectivity index (χ0v) is 24.6. The molecule has 0 radical (unpaired) electrons. The Balaban J connectivity index is 1.77. The molecule has 0 bridgehead atoms. The average Bonchev–Trinajstić information content (AvgIpc) is 3.03. The SMILES string of the molecule is CC(=O)OC1CC2C(C)(C)C(=O)CCC2(C)C2=C1C1(C)C(O)CC(C(C)CCC=C(C)C(=O)O)C1(C)CC2. The van der Waals surface area contributed by atoms with Crippen molar-refractivity contribution >= 4 is 17.7 Å². The first-order valence-electron chi connectivity index (χ1n) is 14.5. The highest BCUT2D eigenvalue weighted by Crippen LogP contribution is 2.72. The van der Waals surface area contributed by atoms with E-state index in [1.54, 1.807) is 13.0 Å². The molecule has 2 saturated carbocycles. The fraction of sp³-hybridized carbons (Fsp3) is 0.781. The van der Waals surface area contributed by atoms with Gasteiger partial charge in [0.2, 0.25) is 0 Å². The lowest BCUT2D eigenvalue weighted by molar-refractivity contribution is -0.155. The monoisotopic (exact) mass is 528 g/mol. The molecule has 8 atom stereocenters. The Morgan fingerprint density at radius 2 is 1.74 bits per heavy atom. The van der Waals surface area contributed by atoms with Gasteiger partial charge in [0, 0.05) is 29.7 Å². The van der Waals surface area contributed by atoms with Crippen molar-refractivity contribution in [2.75, 3.05) is 0 Å². The number of ether oxygens (including phenoxy) is 1. The van der Waals surface area contributed by atoms with E-state index in [4.69, 9.17) is 4.74 Å². The molecule has 0 amide bonds. The Morgan fingerprint density at radius 1 is 1.08 bits per heavy atom. The van der Waals surface area contributed by atoms with Crippen LogP contribution < -0.4 is 0 Å². The number of carbonyl (C=O) groups is 3. The average molecular weight is 529 g/mol. The van der Waals surface area contributed by atoms with Crippen LogP contribution in [-0.4, -0.2) is 40.1 Å². The fourth-order valence-electron chi connectivity index (χ4n) is 9.52. The van der Waals surface area contributed by atoms with E-state index in [0.717, 1.165) is 31.3 Å². The lowest BCUT2D eigenvalue weighted by atomic mass is 9.42. The highest BCUT2D eigenvalue weighted by atomic mass is 16.5. The molecule has 0 heterocycles. The molecule has 0 saturated heterocycles. The maximum absolute atomic E-state index is 13.0. The van der Waals surface area contributed by atoms with E-state index in [2.05, 4.69) is 41.5 Å². The van der Waals surface area contributed by atoms with Gasteiger partial charge in [-0.05, 0) is 86.0 Å². The lowest BCUT2D eigenvalue weighted by Gasteiger charge is -2.62. The van der Waals surface area contributed by atoms with E-state index in [1.165, 1.54) is 12.5 Å². The standard InChI is InChI=1S/C32H48O6/c1-18(10-9-11-19(2)28(36)37)22-16-26(35)32(8)27-21(12-15-31(22,32)7)30(6)14-13-25(34)29(4,5)24(30)17-23(27)38-20(3)33/h11,18,22-24,26,35H,9-10,12-17H2,1-8H3,(H,36,37). The second-order valence-electron chi connectivity index (χ2n) is 14.1. The summed E-state index contributed by atoms with van der Waals surface area (Å²) >= 11 is 0. The number of carboxylic acid groups (broad SMARTS) is 1. The number of esters is 1. The van der Waals surface area contributed by atoms with Gasteiger partial charge in [-0.15, -0.1) is 0 Å². The number of aliphatic hydroxyl groups excluding tert-OH is 1. The lowest BCUT2D eigenvalue weighted by Crippen LogP contribution is -2.59. The van der Waals surface area contributed by atoms with Crippen molar-refractivity contribution in [3.8, 4) is 0 Å². The minimum atomic E-state index is -0.881. The molecule has 2 fully saturated rings. The molecule has 6 heteroatoms. The molecule has 2 N–H and O–H groups in total. The zero-order valence-electron chi connectivity index (χ0n) is 24.6. The van der Waals surface area contributed by atoms with Crippen LogP contribution in [0.1, 0.15) is 107 Å². The first-order valence-corrected chi connectivity index (χ1v) is 14.5. The van der Waals surface area contributed by atoms with Crippen molar-refractivity contribution < 1.29 is 29.3 Å². The summed E-state index contributed by atoms with van der Waals surface area (Å²) in [6, 6.07) is 0. The molecule has 8 unspecified atom stereocenters. The van der Waals surface area contributed by atoms with Crippen LogP contribution in [0, 0.1) is 39.4 Å². The number of aliphatic carboxylic acids is 1. The van der Waals surface area contributed by atoms with Gasteiger partial charge in [0.05, 0.1) is 6.10 Å². The van der Waals surface area contributed by atoms with Crippen LogP contribution in [0.15, 0.2) is 22.8 Å². The molecule has 6 nitrogen and oxygen atoms in total. The molecule has 0 aromatic carbocycles. The smallest absolute Gasteiger partial charge is 0.330 e. The predicted molar refractivity (Wildman–Crippen MR) is 146 cm³/mol. The van der Waals surface area contributed by atoms with Crippen LogP contribution in [0.2, 0.25) is 0 Å².